The molecule has 0 aliphatic carbocycles. The van der Waals surface area contributed by atoms with E-state index in [2.05, 4.69) is 12.6 Å². The van der Waals surface area contributed by atoms with Gasteiger partial charge in [0.05, 0.1) is 4.92 Å². The molecular formula is C7H6ClNO2S. The Kier molecular flexibility index (Phi) is 2.59. The van der Waals surface area contributed by atoms with Crippen LogP contribution in [0.15, 0.2) is 17.0 Å². The maximum Gasteiger partial charge on any atom is 0.289 e. The van der Waals surface area contributed by atoms with E-state index in [0.29, 0.717) is 4.90 Å². The van der Waals surface area contributed by atoms with Crippen molar-refractivity contribution in [3.63, 3.8) is 0 Å². The molecule has 0 N–H and O–H groups in total. The van der Waals surface area contributed by atoms with Crippen molar-refractivity contribution in [3.8, 4) is 0 Å². The van der Waals surface area contributed by atoms with Crippen molar-refractivity contribution in [3.05, 3.63) is 32.8 Å². The fraction of sp³-hybridized carbons (Fsp3) is 0.143. The summed E-state index contributed by atoms with van der Waals surface area (Å²) < 4.78 is 0. The van der Waals surface area contributed by atoms with E-state index < -0.39 is 4.92 Å². The van der Waals surface area contributed by atoms with E-state index in [9.17, 15) is 10.1 Å². The first-order valence-electron chi connectivity index (χ1n) is 3.16. The molecule has 64 valence electrons. The van der Waals surface area contributed by atoms with Gasteiger partial charge in [-0.25, -0.2) is 0 Å². The zero-order chi connectivity index (χ0) is 9.30. The summed E-state index contributed by atoms with van der Waals surface area (Å²) in [4.78, 5) is 10.4. The predicted molar refractivity (Wildman–Crippen MR) is 50.1 cm³/mol. The fourth-order valence-corrected chi connectivity index (χ4v) is 1.26. The van der Waals surface area contributed by atoms with Gasteiger partial charge in [0, 0.05) is 11.0 Å². The maximum absolute atomic E-state index is 10.4. The highest BCUT2D eigenvalue weighted by Crippen LogP contribution is 2.29. The van der Waals surface area contributed by atoms with Gasteiger partial charge in [0.15, 0.2) is 0 Å². The largest absolute Gasteiger partial charge is 0.289 e. The molecule has 0 heterocycles. The highest BCUT2D eigenvalue weighted by Gasteiger charge is 2.13. The van der Waals surface area contributed by atoms with Crippen LogP contribution in [0.25, 0.3) is 0 Å². The van der Waals surface area contributed by atoms with Crippen LogP contribution >= 0.6 is 24.2 Å². The first-order valence-corrected chi connectivity index (χ1v) is 3.98. The Balaban J connectivity index is 3.33. The van der Waals surface area contributed by atoms with Gasteiger partial charge in [0.2, 0.25) is 0 Å². The third-order valence-electron chi connectivity index (χ3n) is 1.46. The summed E-state index contributed by atoms with van der Waals surface area (Å²) in [5, 5.41) is 10.5. The van der Waals surface area contributed by atoms with E-state index in [-0.39, 0.29) is 10.7 Å². The molecule has 0 amide bonds. The van der Waals surface area contributed by atoms with Gasteiger partial charge in [-0.3, -0.25) is 10.1 Å². The maximum atomic E-state index is 10.4. The highest BCUT2D eigenvalue weighted by molar-refractivity contribution is 7.80. The summed E-state index contributed by atoms with van der Waals surface area (Å²) in [7, 11) is 0. The smallest absolute Gasteiger partial charge is 0.258 e. The molecule has 0 radical (unpaired) electrons. The Labute approximate surface area is 79.9 Å². The minimum atomic E-state index is -0.526. The molecule has 0 aliphatic rings. The summed E-state index contributed by atoms with van der Waals surface area (Å²) in [6.45, 7) is 1.79. The number of nitro groups is 1. The number of aryl methyl sites for hydroxylation is 1. The molecule has 0 aliphatic heterocycles. The molecule has 12 heavy (non-hydrogen) atoms. The zero-order valence-corrected chi connectivity index (χ0v) is 7.89. The van der Waals surface area contributed by atoms with Crippen LogP contribution in [0.4, 0.5) is 5.69 Å². The van der Waals surface area contributed by atoms with E-state index in [4.69, 9.17) is 11.6 Å². The van der Waals surface area contributed by atoms with Gasteiger partial charge in [-0.2, -0.15) is 0 Å². The average molecular weight is 204 g/mol. The van der Waals surface area contributed by atoms with Crippen molar-refractivity contribution < 1.29 is 4.92 Å². The van der Waals surface area contributed by atoms with Crippen LogP contribution in [-0.2, 0) is 0 Å². The van der Waals surface area contributed by atoms with E-state index in [0.717, 1.165) is 5.56 Å². The monoisotopic (exact) mass is 203 g/mol. The van der Waals surface area contributed by atoms with E-state index in [1.54, 1.807) is 6.92 Å². The molecule has 1 rings (SSSR count). The number of halogens is 1. The first-order chi connectivity index (χ1) is 5.52. The molecule has 0 bridgehead atoms. The average Bonchev–Trinajstić information content (AvgIpc) is 1.96. The van der Waals surface area contributed by atoms with E-state index >= 15 is 0 Å². The lowest BCUT2D eigenvalue weighted by Crippen LogP contribution is -1.90. The molecule has 0 atom stereocenters. The Morgan fingerprint density at radius 1 is 1.58 bits per heavy atom. The van der Waals surface area contributed by atoms with Crippen molar-refractivity contribution in [2.24, 2.45) is 0 Å². The lowest BCUT2D eigenvalue weighted by molar-refractivity contribution is -0.384. The van der Waals surface area contributed by atoms with Crippen LogP contribution < -0.4 is 0 Å². The SMILES string of the molecule is Cc1cc(Cl)c([N+](=O)[O-])cc1S. The summed E-state index contributed by atoms with van der Waals surface area (Å²) in [6.07, 6.45) is 0. The van der Waals surface area contributed by atoms with Crippen LogP contribution in [0.3, 0.4) is 0 Å². The number of benzene rings is 1. The number of hydrogen-bond donors (Lipinski definition) is 1. The van der Waals surface area contributed by atoms with Crippen molar-refractivity contribution in [1.29, 1.82) is 0 Å². The zero-order valence-electron chi connectivity index (χ0n) is 6.24. The van der Waals surface area contributed by atoms with Gasteiger partial charge in [0.25, 0.3) is 5.69 Å². The summed E-state index contributed by atoms with van der Waals surface area (Å²) in [5.74, 6) is 0. The molecule has 0 spiro atoms. The Morgan fingerprint density at radius 3 is 2.67 bits per heavy atom. The van der Waals surface area contributed by atoms with Crippen molar-refractivity contribution in [2.45, 2.75) is 11.8 Å². The molecular weight excluding hydrogens is 198 g/mol. The highest BCUT2D eigenvalue weighted by atomic mass is 35.5. The minimum Gasteiger partial charge on any atom is -0.258 e. The first kappa shape index (κ1) is 9.35. The molecule has 0 fully saturated rings. The predicted octanol–water partition coefficient (Wildman–Crippen LogP) is 2.85. The second kappa shape index (κ2) is 3.33. The second-order valence-electron chi connectivity index (χ2n) is 2.35. The van der Waals surface area contributed by atoms with Gasteiger partial charge in [-0.05, 0) is 18.6 Å². The Hall–Kier alpha value is -0.740. The molecule has 0 aromatic heterocycles. The van der Waals surface area contributed by atoms with Crippen LogP contribution in [0.2, 0.25) is 5.02 Å². The van der Waals surface area contributed by atoms with Crippen LogP contribution in [-0.4, -0.2) is 4.92 Å². The van der Waals surface area contributed by atoms with E-state index in [1.165, 1.54) is 12.1 Å². The minimum absolute atomic E-state index is 0.104. The quantitative estimate of drug-likeness (QED) is 0.433. The van der Waals surface area contributed by atoms with Crippen molar-refractivity contribution in [2.75, 3.05) is 0 Å². The number of hydrogen-bond acceptors (Lipinski definition) is 3. The lowest BCUT2D eigenvalue weighted by Gasteiger charge is -1.99. The second-order valence-corrected chi connectivity index (χ2v) is 3.24. The number of rotatable bonds is 1. The van der Waals surface area contributed by atoms with Crippen LogP contribution in [0, 0.1) is 17.0 Å². The number of thiol groups is 1. The van der Waals surface area contributed by atoms with Crippen molar-refractivity contribution >= 4 is 29.9 Å². The Morgan fingerprint density at radius 2 is 2.17 bits per heavy atom. The molecule has 1 aromatic carbocycles. The topological polar surface area (TPSA) is 43.1 Å². The van der Waals surface area contributed by atoms with Crippen LogP contribution in [0.5, 0.6) is 0 Å². The summed E-state index contributed by atoms with van der Waals surface area (Å²) in [6, 6.07) is 2.88. The third kappa shape index (κ3) is 1.70. The molecule has 1 aromatic rings. The van der Waals surface area contributed by atoms with E-state index in [1.807, 2.05) is 0 Å². The fourth-order valence-electron chi connectivity index (χ4n) is 0.790. The van der Waals surface area contributed by atoms with Gasteiger partial charge < -0.3 is 0 Å². The third-order valence-corrected chi connectivity index (χ3v) is 2.25. The number of nitro benzene ring substituents is 1. The molecule has 5 heteroatoms. The normalized spacial score (nSPS) is 9.92. The lowest BCUT2D eigenvalue weighted by atomic mass is 10.2. The summed E-state index contributed by atoms with van der Waals surface area (Å²) >= 11 is 9.67. The summed E-state index contributed by atoms with van der Waals surface area (Å²) in [5.41, 5.74) is 0.723. The van der Waals surface area contributed by atoms with Crippen molar-refractivity contribution in [1.82, 2.24) is 0 Å². The number of nitrogens with zero attached hydrogens (tertiary/aromatic N) is 1. The molecule has 3 nitrogen and oxygen atoms in total. The molecule has 0 unspecified atom stereocenters. The Bertz CT molecular complexity index is 340. The standard InChI is InChI=1S/C7H6ClNO2S/c1-4-2-5(8)6(9(10)11)3-7(4)12/h2-3,12H,1H3. The van der Waals surface area contributed by atoms with Gasteiger partial charge in [-0.1, -0.05) is 11.6 Å². The van der Waals surface area contributed by atoms with Gasteiger partial charge in [0.1, 0.15) is 5.02 Å². The molecule has 0 saturated heterocycles. The van der Waals surface area contributed by atoms with Crippen LogP contribution in [0.1, 0.15) is 5.56 Å². The van der Waals surface area contributed by atoms with Gasteiger partial charge >= 0.3 is 0 Å². The molecule has 0 saturated carbocycles. The van der Waals surface area contributed by atoms with Gasteiger partial charge in [-0.15, -0.1) is 12.6 Å².